The molecule has 6 unspecified atom stereocenters. The molecule has 3 aliphatic carbocycles. The number of nitrogens with zero attached hydrogens (tertiary/aromatic N) is 1. The second-order valence-electron chi connectivity index (χ2n) is 14.7. The highest BCUT2D eigenvalue weighted by Crippen LogP contribution is 2.59. The summed E-state index contributed by atoms with van der Waals surface area (Å²) in [6.07, 6.45) is 16.9. The lowest BCUT2D eigenvalue weighted by Gasteiger charge is -2.46. The second-order valence-corrected chi connectivity index (χ2v) is 14.7. The molecule has 0 bridgehead atoms. The summed E-state index contributed by atoms with van der Waals surface area (Å²) in [6.45, 7) is 0. The molecule has 4 aliphatic rings. The molecule has 0 saturated heterocycles. The van der Waals surface area contributed by atoms with Crippen LogP contribution in [0.3, 0.4) is 0 Å². The fourth-order valence-corrected chi connectivity index (χ4v) is 10.4. The first kappa shape index (κ1) is 27.5. The van der Waals surface area contributed by atoms with E-state index in [4.69, 9.17) is 0 Å². The van der Waals surface area contributed by atoms with Gasteiger partial charge in [0.15, 0.2) is 0 Å². The van der Waals surface area contributed by atoms with Crippen LogP contribution in [0.25, 0.3) is 43.7 Å². The summed E-state index contributed by atoms with van der Waals surface area (Å²) in [5.41, 5.74) is 12.9. The molecule has 6 aromatic carbocycles. The van der Waals surface area contributed by atoms with Gasteiger partial charge in [0.1, 0.15) is 0 Å². The molecule has 7 aromatic rings. The average molecular weight is 628 g/mol. The van der Waals surface area contributed by atoms with E-state index in [1.807, 2.05) is 0 Å². The van der Waals surface area contributed by atoms with Gasteiger partial charge in [-0.1, -0.05) is 152 Å². The summed E-state index contributed by atoms with van der Waals surface area (Å²) in [5.74, 6) is 2.06. The van der Waals surface area contributed by atoms with Crippen LogP contribution in [0.15, 0.2) is 164 Å². The van der Waals surface area contributed by atoms with E-state index in [0.29, 0.717) is 35.6 Å². The van der Waals surface area contributed by atoms with Crippen molar-refractivity contribution in [3.05, 3.63) is 192 Å². The Morgan fingerprint density at radius 3 is 2.20 bits per heavy atom. The summed E-state index contributed by atoms with van der Waals surface area (Å²) in [5, 5.41) is 5.35. The van der Waals surface area contributed by atoms with Crippen molar-refractivity contribution in [1.82, 2.24) is 4.57 Å². The molecule has 0 spiro atoms. The molecule has 0 saturated carbocycles. The van der Waals surface area contributed by atoms with Crippen LogP contribution in [-0.4, -0.2) is 4.57 Å². The van der Waals surface area contributed by atoms with Crippen LogP contribution in [0.2, 0.25) is 0 Å². The van der Waals surface area contributed by atoms with Gasteiger partial charge in [0.25, 0.3) is 0 Å². The molecule has 1 nitrogen and oxygen atoms in total. The Morgan fingerprint density at radius 2 is 1.31 bits per heavy atom. The lowest BCUT2D eigenvalue weighted by molar-refractivity contribution is 0.275. The van der Waals surface area contributed by atoms with Gasteiger partial charge in [0.2, 0.25) is 0 Å². The molecule has 1 aliphatic heterocycles. The number of fused-ring (bicyclic) bond motifs is 9. The Morgan fingerprint density at radius 1 is 0.551 bits per heavy atom. The molecule has 11 rings (SSSR count). The van der Waals surface area contributed by atoms with E-state index in [9.17, 15) is 0 Å². The molecular formula is C48H37N. The van der Waals surface area contributed by atoms with Crippen molar-refractivity contribution in [2.24, 2.45) is 11.8 Å². The second kappa shape index (κ2) is 10.5. The minimum Gasteiger partial charge on any atom is -0.332 e. The Kier molecular flexibility index (Phi) is 5.93. The van der Waals surface area contributed by atoms with Gasteiger partial charge < -0.3 is 4.57 Å². The van der Waals surface area contributed by atoms with E-state index in [1.54, 1.807) is 5.56 Å². The van der Waals surface area contributed by atoms with Crippen molar-refractivity contribution in [3.8, 4) is 11.1 Å². The number of hydrogen-bond acceptors (Lipinski definition) is 0. The maximum atomic E-state index is 2.65. The standard InChI is InChI=1S/C48H37N/c1-2-12-33-29-34(26-23-30(33)11-1)31-21-24-32(25-22-31)45-36-14-3-5-16-38(36)46(39-17-6-4-15-37(39)45)42-28-27-40-35-13-7-9-19-43(35)49-44-20-10-8-18-41(44)47(42)48(40)49/h1-3,5-14,16-29,37,39,41,44-46H,4,15H2. The molecular weight excluding hydrogens is 591 g/mol. The van der Waals surface area contributed by atoms with Crippen molar-refractivity contribution in [1.29, 1.82) is 0 Å². The smallest absolute Gasteiger partial charge is 0.0630 e. The lowest BCUT2D eigenvalue weighted by Crippen LogP contribution is -2.35. The Hall–Kier alpha value is -5.40. The summed E-state index contributed by atoms with van der Waals surface area (Å²) < 4.78 is 2.65. The number of allylic oxidation sites excluding steroid dienone is 6. The molecule has 49 heavy (non-hydrogen) atoms. The monoisotopic (exact) mass is 627 g/mol. The Labute approximate surface area is 287 Å². The van der Waals surface area contributed by atoms with Gasteiger partial charge in [-0.15, -0.1) is 0 Å². The third-order valence-corrected chi connectivity index (χ3v) is 12.4. The zero-order valence-corrected chi connectivity index (χ0v) is 27.4. The number of hydrogen-bond donors (Lipinski definition) is 0. The van der Waals surface area contributed by atoms with Crippen molar-refractivity contribution in [2.75, 3.05) is 0 Å². The maximum absolute atomic E-state index is 2.65. The molecule has 234 valence electrons. The van der Waals surface area contributed by atoms with E-state index in [-0.39, 0.29) is 0 Å². The van der Waals surface area contributed by atoms with E-state index in [0.717, 1.165) is 6.42 Å². The van der Waals surface area contributed by atoms with Crippen LogP contribution in [0.1, 0.15) is 64.5 Å². The van der Waals surface area contributed by atoms with E-state index < -0.39 is 0 Å². The summed E-state index contributed by atoms with van der Waals surface area (Å²) in [7, 11) is 0. The molecule has 0 radical (unpaired) electrons. The third kappa shape index (κ3) is 3.93. The summed E-state index contributed by atoms with van der Waals surface area (Å²) >= 11 is 0. The Bertz CT molecular complexity index is 2540. The summed E-state index contributed by atoms with van der Waals surface area (Å²) in [6, 6.07) is 48.8. The molecule has 1 heteroatoms. The highest BCUT2D eigenvalue weighted by Gasteiger charge is 2.46. The minimum absolute atomic E-state index is 0.328. The van der Waals surface area contributed by atoms with Gasteiger partial charge in [-0.05, 0) is 86.5 Å². The van der Waals surface area contributed by atoms with Crippen LogP contribution >= 0.6 is 0 Å². The van der Waals surface area contributed by atoms with Crippen molar-refractivity contribution in [3.63, 3.8) is 0 Å². The van der Waals surface area contributed by atoms with E-state index in [2.05, 4.69) is 168 Å². The first-order valence-electron chi connectivity index (χ1n) is 18.1. The van der Waals surface area contributed by atoms with Gasteiger partial charge >= 0.3 is 0 Å². The zero-order chi connectivity index (χ0) is 32.1. The SMILES string of the molecule is C1=CC2c3c(C4c5ccccc5C(c5ccc(-c6ccc7ccccc7c6)cc5)C5CCC=CC45)ccc4c5ccccc5n(c34)C2C=C1. The van der Waals surface area contributed by atoms with E-state index in [1.165, 1.54) is 72.4 Å². The van der Waals surface area contributed by atoms with Crippen LogP contribution in [0, 0.1) is 11.8 Å². The fourth-order valence-electron chi connectivity index (χ4n) is 10.4. The topological polar surface area (TPSA) is 4.93 Å². The lowest BCUT2D eigenvalue weighted by atomic mass is 9.57. The van der Waals surface area contributed by atoms with Gasteiger partial charge in [-0.25, -0.2) is 0 Å². The summed E-state index contributed by atoms with van der Waals surface area (Å²) in [4.78, 5) is 0. The zero-order valence-electron chi connectivity index (χ0n) is 27.4. The number of benzene rings is 6. The van der Waals surface area contributed by atoms with Crippen molar-refractivity contribution in [2.45, 2.75) is 36.6 Å². The van der Waals surface area contributed by atoms with Crippen molar-refractivity contribution >= 4 is 32.6 Å². The van der Waals surface area contributed by atoms with Crippen LogP contribution in [0.5, 0.6) is 0 Å². The number of rotatable bonds is 3. The largest absolute Gasteiger partial charge is 0.332 e. The van der Waals surface area contributed by atoms with Crippen LogP contribution < -0.4 is 0 Å². The third-order valence-electron chi connectivity index (χ3n) is 12.4. The van der Waals surface area contributed by atoms with Gasteiger partial charge in [0, 0.05) is 34.0 Å². The van der Waals surface area contributed by atoms with E-state index >= 15 is 0 Å². The Balaban J connectivity index is 1.07. The highest BCUT2D eigenvalue weighted by molar-refractivity contribution is 6.11. The van der Waals surface area contributed by atoms with Crippen molar-refractivity contribution < 1.29 is 0 Å². The molecule has 6 atom stereocenters. The van der Waals surface area contributed by atoms with Gasteiger partial charge in [-0.3, -0.25) is 0 Å². The minimum atomic E-state index is 0.328. The predicted molar refractivity (Wildman–Crippen MR) is 204 cm³/mol. The number of para-hydroxylation sites is 1. The first-order valence-corrected chi connectivity index (χ1v) is 18.1. The molecule has 0 N–H and O–H groups in total. The molecule has 2 heterocycles. The number of aromatic nitrogens is 1. The maximum Gasteiger partial charge on any atom is 0.0630 e. The predicted octanol–water partition coefficient (Wildman–Crippen LogP) is 12.2. The highest BCUT2D eigenvalue weighted by atomic mass is 15.0. The van der Waals surface area contributed by atoms with Gasteiger partial charge in [0.05, 0.1) is 11.6 Å². The van der Waals surface area contributed by atoms with Crippen LogP contribution in [0.4, 0.5) is 0 Å². The molecule has 0 fully saturated rings. The normalized spacial score (nSPS) is 24.7. The van der Waals surface area contributed by atoms with Gasteiger partial charge in [-0.2, -0.15) is 0 Å². The average Bonchev–Trinajstić information content (AvgIpc) is 3.70. The molecule has 1 aromatic heterocycles. The quantitative estimate of drug-likeness (QED) is 0.172. The molecule has 0 amide bonds. The first-order chi connectivity index (χ1) is 24.3. The van der Waals surface area contributed by atoms with Crippen LogP contribution in [-0.2, 0) is 0 Å². The fraction of sp³-hybridized carbons (Fsp3) is 0.167.